The number of nitrogens with one attached hydrogen (secondary N) is 1. The summed E-state index contributed by atoms with van der Waals surface area (Å²) in [6, 6.07) is 0.139. The largest absolute Gasteiger partial charge is 0.329 e. The first-order valence-electron chi connectivity index (χ1n) is 5.52. The van der Waals surface area contributed by atoms with E-state index < -0.39 is 10.2 Å². The van der Waals surface area contributed by atoms with E-state index in [1.165, 1.54) is 17.8 Å². The lowest BCUT2D eigenvalue weighted by Gasteiger charge is -2.32. The Morgan fingerprint density at radius 1 is 1.33 bits per heavy atom. The van der Waals surface area contributed by atoms with E-state index in [0.717, 1.165) is 25.7 Å². The lowest BCUT2D eigenvalue weighted by Crippen LogP contribution is -2.48. The molecule has 0 radical (unpaired) electrons. The first kappa shape index (κ1) is 12.9. The van der Waals surface area contributed by atoms with E-state index in [2.05, 4.69) is 4.72 Å². The van der Waals surface area contributed by atoms with E-state index in [0.29, 0.717) is 13.1 Å². The molecule has 3 N–H and O–H groups in total. The van der Waals surface area contributed by atoms with E-state index in [-0.39, 0.29) is 6.04 Å². The van der Waals surface area contributed by atoms with Crippen molar-refractivity contribution in [3.63, 3.8) is 0 Å². The maximum atomic E-state index is 11.7. The van der Waals surface area contributed by atoms with Crippen LogP contribution in [0.3, 0.4) is 0 Å². The van der Waals surface area contributed by atoms with Crippen molar-refractivity contribution >= 4 is 10.2 Å². The number of hydrogen-bond acceptors (Lipinski definition) is 3. The van der Waals surface area contributed by atoms with Crippen LogP contribution in [0, 0.1) is 0 Å². The smallest absolute Gasteiger partial charge is 0.279 e. The summed E-state index contributed by atoms with van der Waals surface area (Å²) in [5, 5.41) is 0. The summed E-state index contributed by atoms with van der Waals surface area (Å²) in [6.07, 6.45) is 5.37. The fraction of sp³-hybridized carbons (Fsp3) is 1.00. The molecule has 6 heteroatoms. The molecule has 5 nitrogen and oxygen atoms in total. The second kappa shape index (κ2) is 5.79. The lowest BCUT2D eigenvalue weighted by atomic mass is 9.95. The monoisotopic (exact) mass is 235 g/mol. The fourth-order valence-corrected chi connectivity index (χ4v) is 3.30. The SMILES string of the molecule is CNS(=O)(=O)N(CCN)C1CCCCC1. The van der Waals surface area contributed by atoms with Gasteiger partial charge in [0.2, 0.25) is 0 Å². The maximum absolute atomic E-state index is 11.7. The van der Waals surface area contributed by atoms with Gasteiger partial charge in [0.25, 0.3) is 10.2 Å². The van der Waals surface area contributed by atoms with Crippen molar-refractivity contribution in [2.45, 2.75) is 38.1 Å². The molecule has 0 heterocycles. The molecule has 1 aliphatic rings. The van der Waals surface area contributed by atoms with Crippen molar-refractivity contribution in [3.8, 4) is 0 Å². The molecule has 0 atom stereocenters. The van der Waals surface area contributed by atoms with Crippen LogP contribution >= 0.6 is 0 Å². The van der Waals surface area contributed by atoms with E-state index in [4.69, 9.17) is 5.73 Å². The molecule has 0 amide bonds. The predicted octanol–water partition coefficient (Wildman–Crippen LogP) is 0.0440. The van der Waals surface area contributed by atoms with Gasteiger partial charge in [-0.3, -0.25) is 0 Å². The normalized spacial score (nSPS) is 19.7. The minimum Gasteiger partial charge on any atom is -0.329 e. The van der Waals surface area contributed by atoms with Crippen LogP contribution in [-0.2, 0) is 10.2 Å². The highest BCUT2D eigenvalue weighted by molar-refractivity contribution is 7.87. The van der Waals surface area contributed by atoms with Crippen molar-refractivity contribution in [1.29, 1.82) is 0 Å². The number of nitrogens with two attached hydrogens (primary N) is 1. The molecule has 0 saturated heterocycles. The first-order valence-corrected chi connectivity index (χ1v) is 6.96. The zero-order valence-corrected chi connectivity index (χ0v) is 10.1. The zero-order chi connectivity index (χ0) is 11.3. The summed E-state index contributed by atoms with van der Waals surface area (Å²) in [6.45, 7) is 0.783. The highest BCUT2D eigenvalue weighted by Gasteiger charge is 2.29. The average molecular weight is 235 g/mol. The number of nitrogens with zero attached hydrogens (tertiary/aromatic N) is 1. The molecule has 0 aromatic carbocycles. The molecule has 0 aliphatic heterocycles. The topological polar surface area (TPSA) is 75.4 Å². The first-order chi connectivity index (χ1) is 7.11. The summed E-state index contributed by atoms with van der Waals surface area (Å²) < 4.78 is 27.4. The van der Waals surface area contributed by atoms with Gasteiger partial charge in [-0.25, -0.2) is 4.72 Å². The van der Waals surface area contributed by atoms with Gasteiger partial charge >= 0.3 is 0 Å². The van der Waals surface area contributed by atoms with Crippen LogP contribution in [0.5, 0.6) is 0 Å². The third kappa shape index (κ3) is 3.41. The standard InChI is InChI=1S/C9H21N3O2S/c1-11-15(13,14)12(8-7-10)9-5-3-2-4-6-9/h9,11H,2-8,10H2,1H3. The second-order valence-electron chi connectivity index (χ2n) is 3.90. The van der Waals surface area contributed by atoms with E-state index in [1.54, 1.807) is 0 Å². The van der Waals surface area contributed by atoms with Crippen LogP contribution < -0.4 is 10.5 Å². The molecule has 0 aromatic heterocycles. The Kier molecular flexibility index (Phi) is 4.98. The Morgan fingerprint density at radius 3 is 2.40 bits per heavy atom. The quantitative estimate of drug-likeness (QED) is 0.706. The summed E-state index contributed by atoms with van der Waals surface area (Å²) >= 11 is 0. The van der Waals surface area contributed by atoms with Gasteiger partial charge in [0, 0.05) is 26.2 Å². The van der Waals surface area contributed by atoms with Gasteiger partial charge in [0.1, 0.15) is 0 Å². The summed E-state index contributed by atoms with van der Waals surface area (Å²) in [7, 11) is -1.87. The third-order valence-electron chi connectivity index (χ3n) is 2.90. The molecule has 1 saturated carbocycles. The molecular formula is C9H21N3O2S. The van der Waals surface area contributed by atoms with Crippen LogP contribution in [0.1, 0.15) is 32.1 Å². The van der Waals surface area contributed by atoms with Gasteiger partial charge in [-0.15, -0.1) is 0 Å². The molecule has 90 valence electrons. The highest BCUT2D eigenvalue weighted by Crippen LogP contribution is 2.23. The minimum absolute atomic E-state index is 0.139. The molecule has 0 spiro atoms. The average Bonchev–Trinajstić information content (AvgIpc) is 2.27. The van der Waals surface area contributed by atoms with Gasteiger partial charge in [-0.05, 0) is 12.8 Å². The molecule has 0 bridgehead atoms. The van der Waals surface area contributed by atoms with Crippen molar-refractivity contribution < 1.29 is 8.42 Å². The van der Waals surface area contributed by atoms with Crippen LogP contribution in [0.2, 0.25) is 0 Å². The Morgan fingerprint density at radius 2 is 1.93 bits per heavy atom. The van der Waals surface area contributed by atoms with Gasteiger partial charge in [0.15, 0.2) is 0 Å². The predicted molar refractivity (Wildman–Crippen MR) is 60.6 cm³/mol. The Hall–Kier alpha value is -0.170. The van der Waals surface area contributed by atoms with Crippen molar-refractivity contribution in [3.05, 3.63) is 0 Å². The Labute approximate surface area is 92.2 Å². The molecule has 15 heavy (non-hydrogen) atoms. The molecule has 1 fully saturated rings. The Balaban J connectivity index is 2.72. The molecule has 0 unspecified atom stereocenters. The van der Waals surface area contributed by atoms with Gasteiger partial charge in [-0.2, -0.15) is 12.7 Å². The second-order valence-corrected chi connectivity index (χ2v) is 5.73. The van der Waals surface area contributed by atoms with Gasteiger partial charge in [0.05, 0.1) is 0 Å². The molecule has 0 aromatic rings. The van der Waals surface area contributed by atoms with Gasteiger partial charge < -0.3 is 5.73 Å². The maximum Gasteiger partial charge on any atom is 0.279 e. The van der Waals surface area contributed by atoms with E-state index in [9.17, 15) is 8.42 Å². The third-order valence-corrected chi connectivity index (χ3v) is 4.51. The fourth-order valence-electron chi connectivity index (χ4n) is 2.11. The van der Waals surface area contributed by atoms with Gasteiger partial charge in [-0.1, -0.05) is 19.3 Å². The van der Waals surface area contributed by atoms with Crippen LogP contribution in [0.25, 0.3) is 0 Å². The summed E-state index contributed by atoms with van der Waals surface area (Å²) in [4.78, 5) is 0. The summed E-state index contributed by atoms with van der Waals surface area (Å²) in [5.74, 6) is 0. The summed E-state index contributed by atoms with van der Waals surface area (Å²) in [5.41, 5.74) is 5.45. The number of rotatable bonds is 5. The number of hydrogen-bond donors (Lipinski definition) is 2. The van der Waals surface area contributed by atoms with Crippen molar-refractivity contribution in [1.82, 2.24) is 9.03 Å². The lowest BCUT2D eigenvalue weighted by molar-refractivity contribution is 0.255. The van der Waals surface area contributed by atoms with Crippen molar-refractivity contribution in [2.24, 2.45) is 5.73 Å². The van der Waals surface area contributed by atoms with E-state index in [1.807, 2.05) is 0 Å². The van der Waals surface area contributed by atoms with Crippen LogP contribution in [0.15, 0.2) is 0 Å². The molecule has 1 aliphatic carbocycles. The Bertz CT molecular complexity index is 273. The van der Waals surface area contributed by atoms with Crippen LogP contribution in [0.4, 0.5) is 0 Å². The minimum atomic E-state index is -3.32. The molecule has 1 rings (SSSR count). The van der Waals surface area contributed by atoms with Crippen LogP contribution in [-0.4, -0.2) is 38.9 Å². The molecular weight excluding hydrogens is 214 g/mol. The van der Waals surface area contributed by atoms with E-state index >= 15 is 0 Å². The highest BCUT2D eigenvalue weighted by atomic mass is 32.2. The zero-order valence-electron chi connectivity index (χ0n) is 9.28. The van der Waals surface area contributed by atoms with Crippen molar-refractivity contribution in [2.75, 3.05) is 20.1 Å².